The van der Waals surface area contributed by atoms with Crippen LogP contribution < -0.4 is 4.90 Å². The van der Waals surface area contributed by atoms with E-state index in [1.165, 1.54) is 66.5 Å². The zero-order valence-electron chi connectivity index (χ0n) is 25.3. The Balaban J connectivity index is 1.38. The summed E-state index contributed by atoms with van der Waals surface area (Å²) in [5.41, 5.74) is 13.4. The number of hydrogen-bond acceptors (Lipinski definition) is 3. The number of hydrogen-bond donors (Lipinski definition) is 0. The Kier molecular flexibility index (Phi) is 5.16. The van der Waals surface area contributed by atoms with Crippen LogP contribution in [-0.2, 0) is 10.8 Å². The molecule has 2 aliphatic carbocycles. The molecule has 2 heterocycles. The van der Waals surface area contributed by atoms with Crippen molar-refractivity contribution in [1.82, 2.24) is 4.90 Å². The Morgan fingerprint density at radius 2 is 1.42 bits per heavy atom. The molecule has 0 N–H and O–H groups in total. The zero-order valence-corrected chi connectivity index (χ0v) is 25.3. The van der Waals surface area contributed by atoms with Gasteiger partial charge in [-0.3, -0.25) is 4.99 Å². The molecule has 0 aromatic heterocycles. The monoisotopic (exact) mass is 559 g/mol. The molecule has 1 unspecified atom stereocenters. The molecular weight excluding hydrogens is 522 g/mol. The van der Waals surface area contributed by atoms with Gasteiger partial charge in [0, 0.05) is 31.9 Å². The molecule has 3 heteroatoms. The summed E-state index contributed by atoms with van der Waals surface area (Å²) in [5.74, 6) is 1.16. The van der Waals surface area contributed by atoms with Gasteiger partial charge in [-0.15, -0.1) is 0 Å². The van der Waals surface area contributed by atoms with E-state index in [2.05, 4.69) is 128 Å². The van der Waals surface area contributed by atoms with Gasteiger partial charge in [0.1, 0.15) is 0 Å². The molecular formula is C40H37N3. The first kappa shape index (κ1) is 25.2. The Labute approximate surface area is 254 Å². The third-order valence-corrected chi connectivity index (χ3v) is 10.4. The van der Waals surface area contributed by atoms with Crippen LogP contribution in [0.4, 0.5) is 5.69 Å². The summed E-state index contributed by atoms with van der Waals surface area (Å²) in [7, 11) is 0. The normalized spacial score (nSPS) is 20.0. The van der Waals surface area contributed by atoms with Gasteiger partial charge < -0.3 is 9.80 Å². The summed E-state index contributed by atoms with van der Waals surface area (Å²) in [5, 5.41) is 2.64. The molecule has 0 radical (unpaired) electrons. The average molecular weight is 560 g/mol. The molecule has 212 valence electrons. The van der Waals surface area contributed by atoms with Crippen molar-refractivity contribution in [3.63, 3.8) is 0 Å². The summed E-state index contributed by atoms with van der Waals surface area (Å²) in [6.07, 6.45) is 2.31. The fourth-order valence-electron chi connectivity index (χ4n) is 8.45. The fourth-order valence-corrected chi connectivity index (χ4v) is 8.45. The molecule has 43 heavy (non-hydrogen) atoms. The third-order valence-electron chi connectivity index (χ3n) is 10.4. The van der Waals surface area contributed by atoms with Crippen LogP contribution in [-0.4, -0.2) is 37.0 Å². The third kappa shape index (κ3) is 3.34. The van der Waals surface area contributed by atoms with Gasteiger partial charge in [0.05, 0.1) is 5.41 Å². The first-order valence-corrected chi connectivity index (χ1v) is 16.0. The van der Waals surface area contributed by atoms with Gasteiger partial charge in [-0.05, 0) is 91.2 Å². The van der Waals surface area contributed by atoms with Gasteiger partial charge in [0.25, 0.3) is 0 Å². The maximum absolute atomic E-state index is 5.04. The van der Waals surface area contributed by atoms with Gasteiger partial charge in [-0.25, -0.2) is 0 Å². The Bertz CT molecular complexity index is 1990. The second-order valence-electron chi connectivity index (χ2n) is 13.8. The minimum Gasteiger partial charge on any atom is -0.342 e. The molecule has 1 saturated heterocycles. The van der Waals surface area contributed by atoms with Crippen LogP contribution in [0.15, 0.2) is 102 Å². The van der Waals surface area contributed by atoms with Crippen LogP contribution >= 0.6 is 0 Å². The molecule has 0 saturated carbocycles. The van der Waals surface area contributed by atoms with Gasteiger partial charge in [0.15, 0.2) is 0 Å². The summed E-state index contributed by atoms with van der Waals surface area (Å²) < 4.78 is 0. The van der Waals surface area contributed by atoms with Crippen molar-refractivity contribution in [2.45, 2.75) is 44.4 Å². The summed E-state index contributed by atoms with van der Waals surface area (Å²) in [6, 6.07) is 37.4. The molecule has 9 rings (SSSR count). The molecule has 4 aliphatic rings. The van der Waals surface area contributed by atoms with Crippen molar-refractivity contribution in [2.24, 2.45) is 4.99 Å². The van der Waals surface area contributed by atoms with E-state index < -0.39 is 0 Å². The van der Waals surface area contributed by atoms with Crippen molar-refractivity contribution in [2.75, 3.05) is 31.1 Å². The van der Waals surface area contributed by atoms with Crippen LogP contribution in [0, 0.1) is 0 Å². The van der Waals surface area contributed by atoms with Crippen molar-refractivity contribution >= 4 is 22.4 Å². The van der Waals surface area contributed by atoms with E-state index in [-0.39, 0.29) is 10.8 Å². The minimum absolute atomic E-state index is 0.0525. The van der Waals surface area contributed by atoms with Crippen LogP contribution in [0.1, 0.15) is 61.4 Å². The van der Waals surface area contributed by atoms with E-state index >= 15 is 0 Å². The second-order valence-corrected chi connectivity index (χ2v) is 13.8. The molecule has 0 amide bonds. The molecule has 1 atom stereocenters. The lowest BCUT2D eigenvalue weighted by Crippen LogP contribution is -2.52. The van der Waals surface area contributed by atoms with E-state index in [1.54, 1.807) is 0 Å². The summed E-state index contributed by atoms with van der Waals surface area (Å²) >= 11 is 0. The average Bonchev–Trinajstić information content (AvgIpc) is 3.51. The number of anilines is 1. The first-order chi connectivity index (χ1) is 21.0. The topological polar surface area (TPSA) is 18.8 Å². The SMILES string of the molecule is CC(C)(C)c1ccc2c(c1)C1(c3cc(N4CCCN5CCCN=C54)ccc3-2)c2ccccc2-c2c1ccc1ccccc21. The van der Waals surface area contributed by atoms with Gasteiger partial charge in [-0.2, -0.15) is 0 Å². The lowest BCUT2D eigenvalue weighted by Gasteiger charge is -2.41. The highest BCUT2D eigenvalue weighted by molar-refractivity contribution is 6.06. The number of guanidine groups is 1. The predicted molar refractivity (Wildman–Crippen MR) is 179 cm³/mol. The van der Waals surface area contributed by atoms with Crippen LogP contribution in [0.3, 0.4) is 0 Å². The highest BCUT2D eigenvalue weighted by Gasteiger charge is 2.52. The second kappa shape index (κ2) is 8.83. The number of fused-ring (bicyclic) bond motifs is 13. The Hall–Kier alpha value is -4.37. The van der Waals surface area contributed by atoms with Crippen LogP contribution in [0.2, 0.25) is 0 Å². The van der Waals surface area contributed by atoms with Crippen molar-refractivity contribution < 1.29 is 0 Å². The molecule has 1 fully saturated rings. The summed E-state index contributed by atoms with van der Waals surface area (Å²) in [4.78, 5) is 10.0. The van der Waals surface area contributed by atoms with E-state index in [1.807, 2.05) is 0 Å². The number of nitrogens with zero attached hydrogens (tertiary/aromatic N) is 3. The summed E-state index contributed by atoms with van der Waals surface area (Å²) in [6.45, 7) is 11.2. The molecule has 1 spiro atoms. The molecule has 5 aromatic carbocycles. The van der Waals surface area contributed by atoms with Crippen molar-refractivity contribution in [1.29, 1.82) is 0 Å². The Morgan fingerprint density at radius 1 is 0.651 bits per heavy atom. The minimum atomic E-state index is -0.373. The van der Waals surface area contributed by atoms with Gasteiger partial charge in [0.2, 0.25) is 5.96 Å². The smallest absolute Gasteiger partial charge is 0.201 e. The van der Waals surface area contributed by atoms with Gasteiger partial charge >= 0.3 is 0 Å². The molecule has 0 bridgehead atoms. The lowest BCUT2D eigenvalue weighted by molar-refractivity contribution is 0.360. The predicted octanol–water partition coefficient (Wildman–Crippen LogP) is 8.75. The van der Waals surface area contributed by atoms with Gasteiger partial charge in [-0.1, -0.05) is 106 Å². The van der Waals surface area contributed by atoms with E-state index in [0.29, 0.717) is 0 Å². The standard InChI is InChI=1S/C40H37N3/c1-39(2,3)27-15-17-30-31-18-16-28(43-23-9-22-42-21-8-20-41-38(42)43)25-36(31)40(35(30)24-27)33-13-7-6-12-32(33)37-29-11-5-4-10-26(29)14-19-34(37)40/h4-7,10-19,24-25H,8-9,20-23H2,1-3H3. The molecule has 2 aliphatic heterocycles. The Morgan fingerprint density at radius 3 is 2.30 bits per heavy atom. The zero-order chi connectivity index (χ0) is 28.9. The molecule has 5 aromatic rings. The maximum atomic E-state index is 5.04. The highest BCUT2D eigenvalue weighted by atomic mass is 15.4. The maximum Gasteiger partial charge on any atom is 0.201 e. The lowest BCUT2D eigenvalue weighted by atomic mass is 9.69. The van der Waals surface area contributed by atoms with Crippen LogP contribution in [0.5, 0.6) is 0 Å². The largest absolute Gasteiger partial charge is 0.342 e. The van der Waals surface area contributed by atoms with E-state index in [4.69, 9.17) is 4.99 Å². The number of aliphatic imine (C=N–C) groups is 1. The van der Waals surface area contributed by atoms with Crippen LogP contribution in [0.25, 0.3) is 33.0 Å². The molecule has 3 nitrogen and oxygen atoms in total. The van der Waals surface area contributed by atoms with Crippen molar-refractivity contribution in [3.05, 3.63) is 125 Å². The quantitative estimate of drug-likeness (QED) is 0.200. The number of benzene rings is 5. The highest BCUT2D eigenvalue weighted by Crippen LogP contribution is 2.64. The number of rotatable bonds is 1. The van der Waals surface area contributed by atoms with E-state index in [9.17, 15) is 0 Å². The fraction of sp³-hybridized carbons (Fsp3) is 0.275. The first-order valence-electron chi connectivity index (χ1n) is 16.0. The van der Waals surface area contributed by atoms with E-state index in [0.717, 1.165) is 45.0 Å². The van der Waals surface area contributed by atoms with Crippen molar-refractivity contribution in [3.8, 4) is 22.3 Å².